The van der Waals surface area contributed by atoms with Crippen LogP contribution in [0.1, 0.15) is 27.2 Å². The molecule has 0 aromatic carbocycles. The van der Waals surface area contributed by atoms with Crippen molar-refractivity contribution in [3.8, 4) is 0 Å². The highest BCUT2D eigenvalue weighted by Gasteiger charge is 2.40. The zero-order valence-corrected chi connectivity index (χ0v) is 17.1. The van der Waals surface area contributed by atoms with Crippen LogP contribution in [-0.2, 0) is 9.59 Å². The summed E-state index contributed by atoms with van der Waals surface area (Å²) in [5.41, 5.74) is 0.0335. The van der Waals surface area contributed by atoms with Gasteiger partial charge in [-0.05, 0) is 36.1 Å². The van der Waals surface area contributed by atoms with Gasteiger partial charge in [0.05, 0.1) is 9.81 Å². The third-order valence-electron chi connectivity index (χ3n) is 3.86. The first-order valence-electron chi connectivity index (χ1n) is 8.63. The van der Waals surface area contributed by atoms with Crippen molar-refractivity contribution in [1.29, 1.82) is 0 Å². The molecule has 2 aromatic rings. The van der Waals surface area contributed by atoms with Crippen molar-refractivity contribution >= 4 is 35.3 Å². The zero-order chi connectivity index (χ0) is 19.4. The van der Waals surface area contributed by atoms with E-state index in [0.29, 0.717) is 26.4 Å². The van der Waals surface area contributed by atoms with E-state index in [2.05, 4.69) is 30.7 Å². The number of carbonyl (C=O) groups is 2. The smallest absolute Gasteiger partial charge is 0.268 e. The summed E-state index contributed by atoms with van der Waals surface area (Å²) in [6.07, 6.45) is 4.09. The van der Waals surface area contributed by atoms with E-state index >= 15 is 0 Å². The highest BCUT2D eigenvalue weighted by molar-refractivity contribution is 8.08. The Hall–Kier alpha value is -2.12. The first-order chi connectivity index (χ1) is 12.8. The summed E-state index contributed by atoms with van der Waals surface area (Å²) in [5, 5.41) is 1.37. The standard InChI is InChI=1S/C20H21N3O2S2/c1-20(2,3)10-13-23-18(24)16(26-14-8-4-6-11-21-14)17(19(23)25)27-15-9-5-7-12-22-15/h4-9,11-12H,10,13H2,1-3H3. The first kappa shape index (κ1) is 19.6. The van der Waals surface area contributed by atoms with Gasteiger partial charge in [0.1, 0.15) is 10.1 Å². The van der Waals surface area contributed by atoms with E-state index in [1.165, 1.54) is 28.4 Å². The Bertz CT molecular complexity index is 798. The molecule has 0 radical (unpaired) electrons. The number of aromatic nitrogens is 2. The predicted octanol–water partition coefficient (Wildman–Crippen LogP) is 4.38. The van der Waals surface area contributed by atoms with Crippen LogP contribution in [0.3, 0.4) is 0 Å². The number of carbonyl (C=O) groups excluding carboxylic acids is 2. The maximum atomic E-state index is 13.0. The highest BCUT2D eigenvalue weighted by Crippen LogP contribution is 2.41. The number of pyridine rings is 2. The first-order valence-corrected chi connectivity index (χ1v) is 10.3. The number of hydrogen-bond acceptors (Lipinski definition) is 6. The topological polar surface area (TPSA) is 63.2 Å². The third-order valence-corrected chi connectivity index (χ3v) is 6.06. The third kappa shape index (κ3) is 4.99. The van der Waals surface area contributed by atoms with Gasteiger partial charge in [0.2, 0.25) is 0 Å². The Balaban J connectivity index is 1.90. The van der Waals surface area contributed by atoms with E-state index in [4.69, 9.17) is 0 Å². The van der Waals surface area contributed by atoms with E-state index in [-0.39, 0.29) is 17.2 Å². The molecule has 7 heteroatoms. The lowest BCUT2D eigenvalue weighted by Gasteiger charge is -2.22. The molecule has 1 aliphatic rings. The number of amides is 2. The summed E-state index contributed by atoms with van der Waals surface area (Å²) in [7, 11) is 0. The van der Waals surface area contributed by atoms with Gasteiger partial charge in [-0.2, -0.15) is 0 Å². The second-order valence-corrected chi connectivity index (χ2v) is 9.33. The van der Waals surface area contributed by atoms with Crippen LogP contribution in [0, 0.1) is 5.41 Å². The normalized spacial score (nSPS) is 15.0. The Labute approximate surface area is 167 Å². The molecule has 0 atom stereocenters. The molecule has 1 aliphatic heterocycles. The van der Waals surface area contributed by atoms with Gasteiger partial charge in [-0.3, -0.25) is 14.5 Å². The number of hydrogen-bond donors (Lipinski definition) is 0. The number of imide groups is 1. The van der Waals surface area contributed by atoms with Gasteiger partial charge >= 0.3 is 0 Å². The summed E-state index contributed by atoms with van der Waals surface area (Å²) in [6.45, 7) is 6.69. The molecular weight excluding hydrogens is 378 g/mol. The van der Waals surface area contributed by atoms with Crippen LogP contribution in [-0.4, -0.2) is 33.2 Å². The second kappa shape index (κ2) is 8.27. The van der Waals surface area contributed by atoms with E-state index in [1.807, 2.05) is 36.4 Å². The Morgan fingerprint density at radius 3 is 1.70 bits per heavy atom. The Morgan fingerprint density at radius 1 is 0.852 bits per heavy atom. The van der Waals surface area contributed by atoms with Crippen molar-refractivity contribution in [3.63, 3.8) is 0 Å². The summed E-state index contributed by atoms with van der Waals surface area (Å²) >= 11 is 2.47. The van der Waals surface area contributed by atoms with Gasteiger partial charge in [0, 0.05) is 18.9 Å². The van der Waals surface area contributed by atoms with E-state index < -0.39 is 0 Å². The largest absolute Gasteiger partial charge is 0.273 e. The minimum Gasteiger partial charge on any atom is -0.273 e. The fourth-order valence-electron chi connectivity index (χ4n) is 2.39. The quantitative estimate of drug-likeness (QED) is 0.672. The molecule has 2 aromatic heterocycles. The van der Waals surface area contributed by atoms with Crippen LogP contribution in [0.25, 0.3) is 0 Å². The van der Waals surface area contributed by atoms with Crippen LogP contribution in [0.15, 0.2) is 68.7 Å². The predicted molar refractivity (Wildman–Crippen MR) is 108 cm³/mol. The summed E-state index contributed by atoms with van der Waals surface area (Å²) in [4.78, 5) is 36.7. The van der Waals surface area contributed by atoms with Crippen LogP contribution >= 0.6 is 23.5 Å². The maximum Gasteiger partial charge on any atom is 0.268 e. The molecule has 3 rings (SSSR count). The van der Waals surface area contributed by atoms with Crippen LogP contribution < -0.4 is 0 Å². The maximum absolute atomic E-state index is 13.0. The summed E-state index contributed by atoms with van der Waals surface area (Å²) in [6, 6.07) is 11.0. The second-order valence-electron chi connectivity index (χ2n) is 7.27. The Morgan fingerprint density at radius 2 is 1.33 bits per heavy atom. The lowest BCUT2D eigenvalue weighted by molar-refractivity contribution is -0.137. The molecule has 0 bridgehead atoms. The van der Waals surface area contributed by atoms with Crippen LogP contribution in [0.2, 0.25) is 0 Å². The number of nitrogens with zero attached hydrogens (tertiary/aromatic N) is 3. The van der Waals surface area contributed by atoms with E-state index in [1.54, 1.807) is 12.4 Å². The van der Waals surface area contributed by atoms with E-state index in [0.717, 1.165) is 6.42 Å². The van der Waals surface area contributed by atoms with Crippen molar-refractivity contribution < 1.29 is 9.59 Å². The molecule has 0 spiro atoms. The van der Waals surface area contributed by atoms with Crippen molar-refractivity contribution in [3.05, 3.63) is 58.6 Å². The van der Waals surface area contributed by atoms with E-state index in [9.17, 15) is 9.59 Å². The van der Waals surface area contributed by atoms with Crippen molar-refractivity contribution in [2.45, 2.75) is 37.2 Å². The lowest BCUT2D eigenvalue weighted by atomic mass is 9.92. The molecule has 3 heterocycles. The molecule has 140 valence electrons. The molecule has 0 N–H and O–H groups in total. The van der Waals surface area contributed by atoms with Crippen LogP contribution in [0.5, 0.6) is 0 Å². The average Bonchev–Trinajstić information content (AvgIpc) is 2.85. The van der Waals surface area contributed by atoms with Gasteiger partial charge in [-0.1, -0.05) is 56.4 Å². The van der Waals surface area contributed by atoms with Crippen molar-refractivity contribution in [1.82, 2.24) is 14.9 Å². The summed E-state index contributed by atoms with van der Waals surface area (Å²) < 4.78 is 0. The molecule has 0 saturated heterocycles. The van der Waals surface area contributed by atoms with Gasteiger partial charge < -0.3 is 0 Å². The number of rotatable bonds is 6. The fourth-order valence-corrected chi connectivity index (χ4v) is 4.33. The molecule has 5 nitrogen and oxygen atoms in total. The van der Waals surface area contributed by atoms with Gasteiger partial charge in [0.25, 0.3) is 11.8 Å². The molecule has 27 heavy (non-hydrogen) atoms. The number of thioether (sulfide) groups is 2. The Kier molecular flexibility index (Phi) is 6.01. The van der Waals surface area contributed by atoms with Gasteiger partial charge in [-0.15, -0.1) is 0 Å². The summed E-state index contributed by atoms with van der Waals surface area (Å²) in [5.74, 6) is -0.503. The molecule has 2 amide bonds. The molecule has 0 unspecified atom stereocenters. The molecule has 0 aliphatic carbocycles. The average molecular weight is 400 g/mol. The van der Waals surface area contributed by atoms with Gasteiger partial charge in [-0.25, -0.2) is 9.97 Å². The van der Waals surface area contributed by atoms with Crippen molar-refractivity contribution in [2.75, 3.05) is 6.54 Å². The van der Waals surface area contributed by atoms with Crippen LogP contribution in [0.4, 0.5) is 0 Å². The van der Waals surface area contributed by atoms with Gasteiger partial charge in [0.15, 0.2) is 0 Å². The minimum absolute atomic E-state index is 0.0335. The highest BCUT2D eigenvalue weighted by atomic mass is 32.2. The molecule has 0 saturated carbocycles. The SMILES string of the molecule is CC(C)(C)CCN1C(=O)C(Sc2ccccn2)=C(Sc2ccccn2)C1=O. The lowest BCUT2D eigenvalue weighted by Crippen LogP contribution is -2.34. The minimum atomic E-state index is -0.252. The monoisotopic (exact) mass is 399 g/mol. The van der Waals surface area contributed by atoms with Crippen molar-refractivity contribution in [2.24, 2.45) is 5.41 Å². The fraction of sp³-hybridized carbons (Fsp3) is 0.300. The zero-order valence-electron chi connectivity index (χ0n) is 15.5. The molecular formula is C20H21N3O2S2. The molecule has 0 fully saturated rings.